The molecule has 1 N–H and O–H groups in total. The fourth-order valence-electron chi connectivity index (χ4n) is 3.46. The maximum Gasteiger partial charge on any atom is 0.311 e. The molecule has 3 aromatic heterocycles. The lowest BCUT2D eigenvalue weighted by atomic mass is 10.1. The summed E-state index contributed by atoms with van der Waals surface area (Å²) in [5.74, 6) is -0.185. The van der Waals surface area contributed by atoms with Crippen LogP contribution in [0.5, 0.6) is 0 Å². The minimum Gasteiger partial charge on any atom is -0.467 e. The number of esters is 1. The van der Waals surface area contributed by atoms with E-state index < -0.39 is 18.0 Å². The summed E-state index contributed by atoms with van der Waals surface area (Å²) in [5, 5.41) is 0.574. The Bertz CT molecular complexity index is 1130. The molecule has 0 unspecified atom stereocenters. The van der Waals surface area contributed by atoms with Gasteiger partial charge in [0, 0.05) is 17.8 Å². The molecule has 1 fully saturated rings. The molecular formula is C20H21N3O5S. The van der Waals surface area contributed by atoms with Crippen LogP contribution in [0.1, 0.15) is 41.5 Å². The van der Waals surface area contributed by atoms with E-state index >= 15 is 0 Å². The van der Waals surface area contributed by atoms with Crippen LogP contribution in [0.2, 0.25) is 0 Å². The highest BCUT2D eigenvalue weighted by atomic mass is 32.1. The van der Waals surface area contributed by atoms with Crippen molar-refractivity contribution in [2.75, 3.05) is 6.54 Å². The zero-order valence-corrected chi connectivity index (χ0v) is 17.2. The number of furan rings is 1. The molecule has 9 heteroatoms. The Kier molecular flexibility index (Phi) is 4.99. The summed E-state index contributed by atoms with van der Waals surface area (Å²) < 4.78 is 10.8. The number of carbonyl (C=O) groups is 2. The van der Waals surface area contributed by atoms with Crippen LogP contribution in [0.25, 0.3) is 10.2 Å². The van der Waals surface area contributed by atoms with Crippen molar-refractivity contribution in [3.63, 3.8) is 0 Å². The number of aromatic nitrogens is 2. The van der Waals surface area contributed by atoms with Gasteiger partial charge in [0.05, 0.1) is 24.1 Å². The summed E-state index contributed by atoms with van der Waals surface area (Å²) in [6.07, 6.45) is 0.916. The molecule has 8 nitrogen and oxygen atoms in total. The van der Waals surface area contributed by atoms with Gasteiger partial charge in [0.25, 0.3) is 5.56 Å². The van der Waals surface area contributed by atoms with E-state index in [4.69, 9.17) is 9.15 Å². The molecule has 29 heavy (non-hydrogen) atoms. The topological polar surface area (TPSA) is 106 Å². The molecule has 0 radical (unpaired) electrons. The van der Waals surface area contributed by atoms with Crippen LogP contribution in [-0.4, -0.2) is 33.3 Å². The standard InChI is InChI=1S/C20H21N3O5S/c1-10-12(3)29-19-16(10)18(25)21-17(22-19)11(2)28-20(26)13-7-15(24)23(8-13)9-14-5-4-6-27-14/h4-6,11,13H,7-9H2,1-3H3,(H,21,22,25)/t11-,13+/m1/s1. The number of hydrogen-bond acceptors (Lipinski definition) is 7. The zero-order chi connectivity index (χ0) is 20.7. The van der Waals surface area contributed by atoms with Gasteiger partial charge in [-0.15, -0.1) is 11.3 Å². The van der Waals surface area contributed by atoms with E-state index in [1.807, 2.05) is 13.8 Å². The van der Waals surface area contributed by atoms with Gasteiger partial charge < -0.3 is 19.0 Å². The van der Waals surface area contributed by atoms with E-state index in [0.717, 1.165) is 10.4 Å². The summed E-state index contributed by atoms with van der Waals surface area (Å²) >= 11 is 1.44. The molecule has 152 valence electrons. The van der Waals surface area contributed by atoms with E-state index in [2.05, 4.69) is 9.97 Å². The molecular weight excluding hydrogens is 394 g/mol. The summed E-state index contributed by atoms with van der Waals surface area (Å²) in [7, 11) is 0. The summed E-state index contributed by atoms with van der Waals surface area (Å²) in [6.45, 7) is 6.09. The maximum atomic E-state index is 12.6. The van der Waals surface area contributed by atoms with Gasteiger partial charge in [-0.2, -0.15) is 0 Å². The van der Waals surface area contributed by atoms with Gasteiger partial charge in [0.1, 0.15) is 10.6 Å². The Morgan fingerprint density at radius 3 is 2.97 bits per heavy atom. The third-order valence-corrected chi connectivity index (χ3v) is 6.31. The summed E-state index contributed by atoms with van der Waals surface area (Å²) in [4.78, 5) is 47.7. The second kappa shape index (κ2) is 7.47. The number of hydrogen-bond donors (Lipinski definition) is 1. The van der Waals surface area contributed by atoms with Gasteiger partial charge in [-0.05, 0) is 38.5 Å². The molecule has 0 spiro atoms. The van der Waals surface area contributed by atoms with Crippen LogP contribution in [0.4, 0.5) is 0 Å². The predicted octanol–water partition coefficient (Wildman–Crippen LogP) is 2.85. The summed E-state index contributed by atoms with van der Waals surface area (Å²) in [5.41, 5.74) is 0.673. The first-order chi connectivity index (χ1) is 13.8. The first-order valence-electron chi connectivity index (χ1n) is 9.34. The van der Waals surface area contributed by atoms with Crippen molar-refractivity contribution < 1.29 is 18.7 Å². The lowest BCUT2D eigenvalue weighted by Gasteiger charge is -2.17. The average molecular weight is 415 g/mol. The molecule has 1 aliphatic heterocycles. The Morgan fingerprint density at radius 2 is 2.24 bits per heavy atom. The maximum absolute atomic E-state index is 12.6. The van der Waals surface area contributed by atoms with Gasteiger partial charge in [-0.1, -0.05) is 0 Å². The number of rotatable bonds is 5. The van der Waals surface area contributed by atoms with Crippen LogP contribution in [-0.2, 0) is 20.9 Å². The largest absolute Gasteiger partial charge is 0.467 e. The Hall–Kier alpha value is -2.94. The third-order valence-electron chi connectivity index (χ3n) is 5.21. The average Bonchev–Trinajstić information content (AvgIpc) is 3.37. The van der Waals surface area contributed by atoms with Crippen molar-refractivity contribution in [3.8, 4) is 0 Å². The summed E-state index contributed by atoms with van der Waals surface area (Å²) in [6, 6.07) is 3.54. The van der Waals surface area contributed by atoms with Crippen LogP contribution in [0.3, 0.4) is 0 Å². The second-order valence-corrected chi connectivity index (χ2v) is 8.45. The number of amides is 1. The number of nitrogens with zero attached hydrogens (tertiary/aromatic N) is 2. The fraction of sp³-hybridized carbons (Fsp3) is 0.400. The SMILES string of the molecule is Cc1sc2nc([C@@H](C)OC(=O)[C@H]3CC(=O)N(Cc4ccco4)C3)[nH]c(=O)c2c1C. The van der Waals surface area contributed by atoms with Crippen LogP contribution in [0, 0.1) is 19.8 Å². The first kappa shape index (κ1) is 19.4. The van der Waals surface area contributed by atoms with Crippen molar-refractivity contribution in [1.29, 1.82) is 0 Å². The van der Waals surface area contributed by atoms with E-state index in [1.165, 1.54) is 11.3 Å². The highest BCUT2D eigenvalue weighted by Gasteiger charge is 2.36. The van der Waals surface area contributed by atoms with Crippen LogP contribution >= 0.6 is 11.3 Å². The zero-order valence-electron chi connectivity index (χ0n) is 16.4. The number of likely N-dealkylation sites (tertiary alicyclic amines) is 1. The molecule has 0 aromatic carbocycles. The number of ether oxygens (including phenoxy) is 1. The van der Waals surface area contributed by atoms with Crippen molar-refractivity contribution in [2.45, 2.75) is 39.8 Å². The Labute approximate surface area is 170 Å². The van der Waals surface area contributed by atoms with Crippen molar-refractivity contribution >= 4 is 33.4 Å². The molecule has 0 aliphatic carbocycles. The third kappa shape index (κ3) is 3.69. The van der Waals surface area contributed by atoms with Gasteiger partial charge in [-0.3, -0.25) is 14.4 Å². The Balaban J connectivity index is 1.45. The molecule has 1 amide bonds. The van der Waals surface area contributed by atoms with Gasteiger partial charge in [0.15, 0.2) is 11.9 Å². The molecule has 4 heterocycles. The van der Waals surface area contributed by atoms with Gasteiger partial charge in [0.2, 0.25) is 5.91 Å². The monoisotopic (exact) mass is 415 g/mol. The van der Waals surface area contributed by atoms with Gasteiger partial charge >= 0.3 is 5.97 Å². The number of nitrogens with one attached hydrogen (secondary N) is 1. The number of aromatic amines is 1. The quantitative estimate of drug-likeness (QED) is 0.643. The van der Waals surface area contributed by atoms with E-state index in [1.54, 1.807) is 30.2 Å². The minimum absolute atomic E-state index is 0.0958. The number of carbonyl (C=O) groups excluding carboxylic acids is 2. The number of H-pyrrole nitrogens is 1. The normalized spacial score (nSPS) is 17.8. The van der Waals surface area contributed by atoms with Crippen LogP contribution in [0.15, 0.2) is 27.6 Å². The molecule has 4 rings (SSSR count). The predicted molar refractivity (Wildman–Crippen MR) is 106 cm³/mol. The lowest BCUT2D eigenvalue weighted by Crippen LogP contribution is -2.27. The highest BCUT2D eigenvalue weighted by molar-refractivity contribution is 7.18. The number of thiophene rings is 1. The van der Waals surface area contributed by atoms with Crippen molar-refractivity contribution in [3.05, 3.63) is 50.8 Å². The van der Waals surface area contributed by atoms with E-state index in [-0.39, 0.29) is 24.4 Å². The van der Waals surface area contributed by atoms with E-state index in [9.17, 15) is 14.4 Å². The first-order valence-corrected chi connectivity index (χ1v) is 10.2. The smallest absolute Gasteiger partial charge is 0.311 e. The minimum atomic E-state index is -0.725. The second-order valence-electron chi connectivity index (χ2n) is 7.25. The van der Waals surface area contributed by atoms with Gasteiger partial charge in [-0.25, -0.2) is 4.98 Å². The fourth-order valence-corrected chi connectivity index (χ4v) is 4.50. The molecule has 1 saturated heterocycles. The lowest BCUT2D eigenvalue weighted by molar-refractivity contribution is -0.153. The van der Waals surface area contributed by atoms with E-state index in [0.29, 0.717) is 28.3 Å². The molecule has 3 aromatic rings. The van der Waals surface area contributed by atoms with Crippen molar-refractivity contribution in [2.24, 2.45) is 5.92 Å². The Morgan fingerprint density at radius 1 is 1.45 bits per heavy atom. The van der Waals surface area contributed by atoms with Crippen LogP contribution < -0.4 is 5.56 Å². The molecule has 2 atom stereocenters. The molecule has 1 aliphatic rings. The molecule has 0 saturated carbocycles. The molecule has 0 bridgehead atoms. The number of fused-ring (bicyclic) bond motifs is 1. The number of aryl methyl sites for hydroxylation is 2. The highest BCUT2D eigenvalue weighted by Crippen LogP contribution is 2.28. The van der Waals surface area contributed by atoms with Crippen molar-refractivity contribution in [1.82, 2.24) is 14.9 Å².